The molecule has 0 fully saturated rings. The van der Waals surface area contributed by atoms with Gasteiger partial charge >= 0.3 is 5.97 Å². The van der Waals surface area contributed by atoms with Crippen molar-refractivity contribution in [3.8, 4) is 5.75 Å². The highest BCUT2D eigenvalue weighted by Gasteiger charge is 2.13. The Bertz CT molecular complexity index is 396. The average molecular weight is 298 g/mol. The first-order chi connectivity index (χ1) is 8.04. The van der Waals surface area contributed by atoms with Crippen LogP contribution in [0, 0.1) is 5.92 Å². The van der Waals surface area contributed by atoms with Crippen molar-refractivity contribution < 1.29 is 14.3 Å². The molecule has 1 rings (SSSR count). The lowest BCUT2D eigenvalue weighted by Crippen LogP contribution is -2.18. The number of esters is 1. The maximum Gasteiger partial charge on any atom is 0.312 e. The molecule has 0 bridgehead atoms. The predicted octanol–water partition coefficient (Wildman–Crippen LogP) is 3.75. The van der Waals surface area contributed by atoms with Crippen molar-refractivity contribution >= 4 is 40.8 Å². The summed E-state index contributed by atoms with van der Waals surface area (Å²) in [6.07, 6.45) is 0. The molecule has 17 heavy (non-hydrogen) atoms. The number of ether oxygens (including phenoxy) is 2. The molecular formula is C11H11Cl3O3. The van der Waals surface area contributed by atoms with Gasteiger partial charge in [0.1, 0.15) is 5.75 Å². The number of alkyl halides is 1. The third kappa shape index (κ3) is 4.62. The van der Waals surface area contributed by atoms with E-state index in [4.69, 9.17) is 44.3 Å². The second-order valence-electron chi connectivity index (χ2n) is 3.36. The molecular weight excluding hydrogens is 286 g/mol. The van der Waals surface area contributed by atoms with Crippen molar-refractivity contribution in [2.75, 3.05) is 12.7 Å². The van der Waals surface area contributed by atoms with Gasteiger partial charge < -0.3 is 9.47 Å². The Balaban J connectivity index is 2.43. The zero-order valence-corrected chi connectivity index (χ0v) is 11.4. The molecule has 0 aliphatic rings. The normalized spacial score (nSPS) is 12.0. The Morgan fingerprint density at radius 3 is 2.71 bits per heavy atom. The molecule has 0 radical (unpaired) electrons. The van der Waals surface area contributed by atoms with Gasteiger partial charge in [-0.1, -0.05) is 30.1 Å². The van der Waals surface area contributed by atoms with Gasteiger partial charge in [-0.2, -0.15) is 0 Å². The highest BCUT2D eigenvalue weighted by Crippen LogP contribution is 2.27. The Kier molecular flexibility index (Phi) is 5.89. The lowest BCUT2D eigenvalue weighted by atomic mass is 10.2. The average Bonchev–Trinajstić information content (AvgIpc) is 2.30. The van der Waals surface area contributed by atoms with E-state index in [1.807, 2.05) is 0 Å². The van der Waals surface area contributed by atoms with Crippen LogP contribution in [0.4, 0.5) is 0 Å². The van der Waals surface area contributed by atoms with Crippen LogP contribution >= 0.6 is 34.8 Å². The van der Waals surface area contributed by atoms with Gasteiger partial charge in [-0.25, -0.2) is 0 Å². The molecule has 0 aliphatic heterocycles. The van der Waals surface area contributed by atoms with Gasteiger partial charge in [0.2, 0.25) is 6.79 Å². The van der Waals surface area contributed by atoms with E-state index in [9.17, 15) is 4.79 Å². The SMILES string of the molecule is CC(CCl)C(=O)OCOc1ccc(Cl)cc1Cl. The van der Waals surface area contributed by atoms with Crippen LogP contribution in [-0.2, 0) is 9.53 Å². The summed E-state index contributed by atoms with van der Waals surface area (Å²) in [6.45, 7) is 1.46. The number of rotatable bonds is 5. The van der Waals surface area contributed by atoms with Crippen molar-refractivity contribution in [2.24, 2.45) is 5.92 Å². The van der Waals surface area contributed by atoms with Crippen LogP contribution in [0.25, 0.3) is 0 Å². The fourth-order valence-electron chi connectivity index (χ4n) is 0.949. The van der Waals surface area contributed by atoms with Crippen LogP contribution in [0.15, 0.2) is 18.2 Å². The van der Waals surface area contributed by atoms with Crippen molar-refractivity contribution in [2.45, 2.75) is 6.92 Å². The Labute approximate surface area is 115 Å². The fraction of sp³-hybridized carbons (Fsp3) is 0.364. The van der Waals surface area contributed by atoms with Crippen LogP contribution in [0.2, 0.25) is 10.0 Å². The molecule has 0 aliphatic carbocycles. The third-order valence-corrected chi connectivity index (χ3v) is 2.94. The molecule has 0 spiro atoms. The van der Waals surface area contributed by atoms with Crippen LogP contribution in [0.3, 0.4) is 0 Å². The second kappa shape index (κ2) is 6.94. The maximum absolute atomic E-state index is 11.3. The standard InChI is InChI=1S/C11H11Cl3O3/c1-7(5-12)11(15)17-6-16-10-3-2-8(13)4-9(10)14/h2-4,7H,5-6H2,1H3. The first kappa shape index (κ1) is 14.4. The zero-order chi connectivity index (χ0) is 12.8. The molecule has 0 heterocycles. The molecule has 1 atom stereocenters. The molecule has 1 aromatic rings. The van der Waals surface area contributed by atoms with Gasteiger partial charge in [-0.3, -0.25) is 4.79 Å². The first-order valence-electron chi connectivity index (χ1n) is 4.85. The smallest absolute Gasteiger partial charge is 0.312 e. The van der Waals surface area contributed by atoms with Crippen molar-refractivity contribution in [3.05, 3.63) is 28.2 Å². The van der Waals surface area contributed by atoms with E-state index in [2.05, 4.69) is 0 Å². The van der Waals surface area contributed by atoms with Crippen LogP contribution in [0.1, 0.15) is 6.92 Å². The molecule has 94 valence electrons. The second-order valence-corrected chi connectivity index (χ2v) is 4.51. The minimum absolute atomic E-state index is 0.207. The topological polar surface area (TPSA) is 35.5 Å². The first-order valence-corrected chi connectivity index (χ1v) is 6.14. The van der Waals surface area contributed by atoms with E-state index in [1.54, 1.807) is 25.1 Å². The number of hydrogen-bond acceptors (Lipinski definition) is 3. The van der Waals surface area contributed by atoms with Gasteiger partial charge in [0.25, 0.3) is 0 Å². The van der Waals surface area contributed by atoms with Crippen LogP contribution in [0.5, 0.6) is 5.75 Å². The summed E-state index contributed by atoms with van der Waals surface area (Å²) in [5.41, 5.74) is 0. The Morgan fingerprint density at radius 2 is 2.12 bits per heavy atom. The summed E-state index contributed by atoms with van der Waals surface area (Å²) in [7, 11) is 0. The van der Waals surface area contributed by atoms with Crippen LogP contribution < -0.4 is 4.74 Å². The number of halogens is 3. The number of benzene rings is 1. The minimum atomic E-state index is -0.412. The number of hydrogen-bond donors (Lipinski definition) is 0. The van der Waals surface area contributed by atoms with E-state index in [0.717, 1.165) is 0 Å². The minimum Gasteiger partial charge on any atom is -0.456 e. The Hall–Kier alpha value is -0.640. The molecule has 0 saturated heterocycles. The number of carbonyl (C=O) groups is 1. The Morgan fingerprint density at radius 1 is 1.41 bits per heavy atom. The highest BCUT2D eigenvalue weighted by molar-refractivity contribution is 6.35. The molecule has 0 saturated carbocycles. The zero-order valence-electron chi connectivity index (χ0n) is 9.08. The van der Waals surface area contributed by atoms with E-state index in [-0.39, 0.29) is 18.6 Å². The summed E-state index contributed by atoms with van der Waals surface area (Å²) in [5, 5.41) is 0.869. The fourth-order valence-corrected chi connectivity index (χ4v) is 1.54. The van der Waals surface area contributed by atoms with E-state index in [1.165, 1.54) is 0 Å². The van der Waals surface area contributed by atoms with Gasteiger partial charge in [0.05, 0.1) is 10.9 Å². The van der Waals surface area contributed by atoms with E-state index in [0.29, 0.717) is 15.8 Å². The number of carbonyl (C=O) groups excluding carboxylic acids is 1. The van der Waals surface area contributed by atoms with E-state index < -0.39 is 5.97 Å². The van der Waals surface area contributed by atoms with Crippen molar-refractivity contribution in [3.63, 3.8) is 0 Å². The van der Waals surface area contributed by atoms with Gasteiger partial charge in [-0.05, 0) is 18.2 Å². The monoisotopic (exact) mass is 296 g/mol. The van der Waals surface area contributed by atoms with Gasteiger partial charge in [0.15, 0.2) is 0 Å². The summed E-state index contributed by atoms with van der Waals surface area (Å²) in [6, 6.07) is 4.77. The third-order valence-electron chi connectivity index (χ3n) is 1.94. The molecule has 0 N–H and O–H groups in total. The molecule has 0 amide bonds. The lowest BCUT2D eigenvalue weighted by molar-refractivity contribution is -0.153. The van der Waals surface area contributed by atoms with Crippen molar-refractivity contribution in [1.82, 2.24) is 0 Å². The summed E-state index contributed by atoms with van der Waals surface area (Å²) < 4.78 is 10.0. The van der Waals surface area contributed by atoms with Crippen molar-refractivity contribution in [1.29, 1.82) is 0 Å². The molecule has 1 aromatic carbocycles. The van der Waals surface area contributed by atoms with Gasteiger partial charge in [-0.15, -0.1) is 11.6 Å². The summed E-state index contributed by atoms with van der Waals surface area (Å²) >= 11 is 17.1. The van der Waals surface area contributed by atoms with Gasteiger partial charge in [0, 0.05) is 10.9 Å². The van der Waals surface area contributed by atoms with E-state index >= 15 is 0 Å². The molecule has 1 unspecified atom stereocenters. The predicted molar refractivity (Wildman–Crippen MR) is 67.9 cm³/mol. The molecule has 6 heteroatoms. The summed E-state index contributed by atoms with van der Waals surface area (Å²) in [4.78, 5) is 11.3. The lowest BCUT2D eigenvalue weighted by Gasteiger charge is -2.10. The quantitative estimate of drug-likeness (QED) is 0.472. The largest absolute Gasteiger partial charge is 0.456 e. The van der Waals surface area contributed by atoms with Crippen LogP contribution in [-0.4, -0.2) is 18.6 Å². The molecule has 3 nitrogen and oxygen atoms in total. The highest BCUT2D eigenvalue weighted by atomic mass is 35.5. The maximum atomic E-state index is 11.3. The molecule has 0 aromatic heterocycles. The summed E-state index contributed by atoms with van der Waals surface area (Å²) in [5.74, 6) is -0.158.